The zero-order chi connectivity index (χ0) is 22.4. The molecule has 1 aliphatic heterocycles. The number of amides is 2. The third-order valence-electron chi connectivity index (χ3n) is 6.26. The van der Waals surface area contributed by atoms with E-state index in [0.717, 1.165) is 23.4 Å². The Hall–Kier alpha value is -2.33. The van der Waals surface area contributed by atoms with E-state index in [4.69, 9.17) is 11.6 Å². The SMILES string of the molecule is CC(C)[C@@H](NC(=O)C[C@H](C)c1ccccc1)C(=O)N1CCC(c2ccc(Cl)cc2)CC1. The van der Waals surface area contributed by atoms with Crippen molar-refractivity contribution in [1.29, 1.82) is 0 Å². The molecule has 1 saturated heterocycles. The van der Waals surface area contributed by atoms with Gasteiger partial charge in [-0.3, -0.25) is 9.59 Å². The minimum atomic E-state index is -0.484. The van der Waals surface area contributed by atoms with Crippen LogP contribution in [-0.4, -0.2) is 35.8 Å². The summed E-state index contributed by atoms with van der Waals surface area (Å²) >= 11 is 6.00. The van der Waals surface area contributed by atoms with Crippen molar-refractivity contribution >= 4 is 23.4 Å². The Morgan fingerprint density at radius 1 is 1.00 bits per heavy atom. The number of hydrogen-bond acceptors (Lipinski definition) is 2. The molecule has 2 amide bonds. The van der Waals surface area contributed by atoms with Gasteiger partial charge >= 0.3 is 0 Å². The molecule has 0 radical (unpaired) electrons. The van der Waals surface area contributed by atoms with E-state index in [2.05, 4.69) is 17.4 Å². The Labute approximate surface area is 191 Å². The molecule has 0 spiro atoms. The summed E-state index contributed by atoms with van der Waals surface area (Å²) in [5.74, 6) is 0.557. The molecule has 31 heavy (non-hydrogen) atoms. The number of likely N-dealkylation sites (tertiary alicyclic amines) is 1. The summed E-state index contributed by atoms with van der Waals surface area (Å²) in [6.07, 6.45) is 2.23. The highest BCUT2D eigenvalue weighted by Crippen LogP contribution is 2.29. The summed E-state index contributed by atoms with van der Waals surface area (Å²) in [6.45, 7) is 7.45. The van der Waals surface area contributed by atoms with Crippen molar-refractivity contribution < 1.29 is 9.59 Å². The van der Waals surface area contributed by atoms with Crippen LogP contribution in [0, 0.1) is 5.92 Å². The van der Waals surface area contributed by atoms with E-state index < -0.39 is 6.04 Å². The maximum atomic E-state index is 13.2. The molecular formula is C26H33ClN2O2. The average molecular weight is 441 g/mol. The van der Waals surface area contributed by atoms with Gasteiger partial charge in [-0.2, -0.15) is 0 Å². The number of carbonyl (C=O) groups is 2. The number of hydrogen-bond donors (Lipinski definition) is 1. The minimum Gasteiger partial charge on any atom is -0.344 e. The van der Waals surface area contributed by atoms with Gasteiger partial charge in [-0.25, -0.2) is 0 Å². The monoisotopic (exact) mass is 440 g/mol. The Bertz CT molecular complexity index is 859. The smallest absolute Gasteiger partial charge is 0.245 e. The largest absolute Gasteiger partial charge is 0.344 e. The van der Waals surface area contributed by atoms with E-state index >= 15 is 0 Å². The molecule has 1 fully saturated rings. The van der Waals surface area contributed by atoms with E-state index in [0.29, 0.717) is 25.4 Å². The third-order valence-corrected chi connectivity index (χ3v) is 6.51. The molecule has 0 bridgehead atoms. The fraction of sp³-hybridized carbons (Fsp3) is 0.462. The number of benzene rings is 2. The van der Waals surface area contributed by atoms with Crippen LogP contribution >= 0.6 is 11.6 Å². The molecule has 0 saturated carbocycles. The van der Waals surface area contributed by atoms with Crippen LogP contribution in [0.3, 0.4) is 0 Å². The van der Waals surface area contributed by atoms with E-state index in [1.54, 1.807) is 0 Å². The van der Waals surface area contributed by atoms with Gasteiger partial charge in [-0.15, -0.1) is 0 Å². The van der Waals surface area contributed by atoms with Gasteiger partial charge in [0.2, 0.25) is 11.8 Å². The first-order valence-electron chi connectivity index (χ1n) is 11.2. The van der Waals surface area contributed by atoms with Gasteiger partial charge in [0.05, 0.1) is 0 Å². The second-order valence-electron chi connectivity index (χ2n) is 8.96. The molecule has 5 heteroatoms. The highest BCUT2D eigenvalue weighted by atomic mass is 35.5. The summed E-state index contributed by atoms with van der Waals surface area (Å²) in [6, 6.07) is 17.5. The summed E-state index contributed by atoms with van der Waals surface area (Å²) in [4.78, 5) is 27.8. The van der Waals surface area contributed by atoms with E-state index in [1.807, 2.05) is 68.1 Å². The predicted molar refractivity (Wildman–Crippen MR) is 126 cm³/mol. The van der Waals surface area contributed by atoms with E-state index in [-0.39, 0.29) is 23.7 Å². The van der Waals surface area contributed by atoms with Crippen LogP contribution in [0.4, 0.5) is 0 Å². The molecule has 0 aromatic heterocycles. The summed E-state index contributed by atoms with van der Waals surface area (Å²) in [5, 5.41) is 3.76. The number of rotatable bonds is 7. The standard InChI is InChI=1S/C26H33ClN2O2/c1-18(2)25(28-24(30)17-19(3)20-7-5-4-6-8-20)26(31)29-15-13-22(14-16-29)21-9-11-23(27)12-10-21/h4-12,18-19,22,25H,13-17H2,1-3H3,(H,28,30)/t19-,25+/m0/s1. The van der Waals surface area contributed by atoms with Crippen molar-refractivity contribution in [2.75, 3.05) is 13.1 Å². The fourth-order valence-corrected chi connectivity index (χ4v) is 4.41. The van der Waals surface area contributed by atoms with Crippen molar-refractivity contribution in [1.82, 2.24) is 10.2 Å². The molecule has 3 rings (SSSR count). The van der Waals surface area contributed by atoms with Crippen LogP contribution in [0.25, 0.3) is 0 Å². The van der Waals surface area contributed by atoms with Gasteiger partial charge in [0.1, 0.15) is 6.04 Å². The topological polar surface area (TPSA) is 49.4 Å². The molecule has 166 valence electrons. The summed E-state index contributed by atoms with van der Waals surface area (Å²) in [7, 11) is 0. The van der Waals surface area contributed by atoms with Crippen molar-refractivity contribution in [3.8, 4) is 0 Å². The maximum absolute atomic E-state index is 13.2. The Morgan fingerprint density at radius 2 is 1.61 bits per heavy atom. The van der Waals surface area contributed by atoms with Crippen LogP contribution in [0.15, 0.2) is 54.6 Å². The summed E-state index contributed by atoms with van der Waals surface area (Å²) in [5.41, 5.74) is 2.41. The maximum Gasteiger partial charge on any atom is 0.245 e. The number of nitrogens with zero attached hydrogens (tertiary/aromatic N) is 1. The van der Waals surface area contributed by atoms with Crippen LogP contribution in [0.1, 0.15) is 63.0 Å². The molecule has 1 N–H and O–H groups in total. The van der Waals surface area contributed by atoms with Crippen LogP contribution in [0.5, 0.6) is 0 Å². The Balaban J connectivity index is 1.55. The zero-order valence-corrected chi connectivity index (χ0v) is 19.4. The molecule has 0 aliphatic carbocycles. The average Bonchev–Trinajstić information content (AvgIpc) is 2.78. The lowest BCUT2D eigenvalue weighted by Crippen LogP contribution is -2.53. The predicted octanol–water partition coefficient (Wildman–Crippen LogP) is 5.38. The van der Waals surface area contributed by atoms with Crippen molar-refractivity contribution in [2.45, 2.75) is 57.9 Å². The Kier molecular flexibility index (Phi) is 8.14. The van der Waals surface area contributed by atoms with Crippen molar-refractivity contribution in [2.24, 2.45) is 5.92 Å². The second-order valence-corrected chi connectivity index (χ2v) is 9.39. The molecule has 2 atom stereocenters. The first kappa shape index (κ1) is 23.3. The minimum absolute atomic E-state index is 0.0327. The van der Waals surface area contributed by atoms with Gasteiger partial charge in [-0.1, -0.05) is 74.8 Å². The number of piperidine rings is 1. The van der Waals surface area contributed by atoms with Crippen molar-refractivity contribution in [3.63, 3.8) is 0 Å². The summed E-state index contributed by atoms with van der Waals surface area (Å²) < 4.78 is 0. The fourth-order valence-electron chi connectivity index (χ4n) is 4.29. The van der Waals surface area contributed by atoms with Crippen LogP contribution in [0.2, 0.25) is 5.02 Å². The molecule has 4 nitrogen and oxygen atoms in total. The molecule has 1 heterocycles. The highest BCUT2D eigenvalue weighted by molar-refractivity contribution is 6.30. The van der Waals surface area contributed by atoms with Gasteiger partial charge < -0.3 is 10.2 Å². The molecular weight excluding hydrogens is 408 g/mol. The third kappa shape index (κ3) is 6.33. The van der Waals surface area contributed by atoms with Crippen molar-refractivity contribution in [3.05, 3.63) is 70.7 Å². The lowest BCUT2D eigenvalue weighted by atomic mass is 9.89. The molecule has 2 aromatic rings. The lowest BCUT2D eigenvalue weighted by Gasteiger charge is -2.35. The van der Waals surface area contributed by atoms with Gasteiger partial charge in [0.15, 0.2) is 0 Å². The molecule has 0 unspecified atom stereocenters. The lowest BCUT2D eigenvalue weighted by molar-refractivity contribution is -0.138. The van der Waals surface area contributed by atoms with Gasteiger partial charge in [0.25, 0.3) is 0 Å². The van der Waals surface area contributed by atoms with E-state index in [1.165, 1.54) is 5.56 Å². The second kappa shape index (κ2) is 10.8. The van der Waals surface area contributed by atoms with Gasteiger partial charge in [0, 0.05) is 24.5 Å². The number of carbonyl (C=O) groups excluding carboxylic acids is 2. The Morgan fingerprint density at radius 3 is 2.19 bits per heavy atom. The quantitative estimate of drug-likeness (QED) is 0.628. The van der Waals surface area contributed by atoms with Crippen LogP contribution in [-0.2, 0) is 9.59 Å². The van der Waals surface area contributed by atoms with Crippen LogP contribution < -0.4 is 5.32 Å². The number of nitrogens with one attached hydrogen (secondary N) is 1. The molecule has 1 aliphatic rings. The highest BCUT2D eigenvalue weighted by Gasteiger charge is 2.31. The molecule has 2 aromatic carbocycles. The first-order chi connectivity index (χ1) is 14.8. The van der Waals surface area contributed by atoms with E-state index in [9.17, 15) is 9.59 Å². The normalized spacial score (nSPS) is 16.7. The van der Waals surface area contributed by atoms with Gasteiger partial charge in [-0.05, 0) is 53.9 Å². The zero-order valence-electron chi connectivity index (χ0n) is 18.7. The first-order valence-corrected chi connectivity index (χ1v) is 11.6. The number of halogens is 1.